The van der Waals surface area contributed by atoms with E-state index in [1.54, 1.807) is 37.2 Å². The highest BCUT2D eigenvalue weighted by molar-refractivity contribution is 7.89. The van der Waals surface area contributed by atoms with Crippen LogP contribution in [0.3, 0.4) is 0 Å². The van der Waals surface area contributed by atoms with Gasteiger partial charge in [-0.05, 0) is 74.8 Å². The molecule has 12 heteroatoms. The number of nitrogens with one attached hydrogen (secondary N) is 2. The third-order valence-electron chi connectivity index (χ3n) is 7.62. The van der Waals surface area contributed by atoms with Gasteiger partial charge in [-0.15, -0.1) is 0 Å². The largest absolute Gasteiger partial charge is 0.390 e. The summed E-state index contributed by atoms with van der Waals surface area (Å²) in [5, 5.41) is 18.4. The molecular formula is C29H42N6O5S. The van der Waals surface area contributed by atoms with Crippen molar-refractivity contribution in [2.45, 2.75) is 75.0 Å². The second-order valence-electron chi connectivity index (χ2n) is 11.8. The topological polar surface area (TPSA) is 157 Å². The summed E-state index contributed by atoms with van der Waals surface area (Å²) in [6.07, 6.45) is 5.06. The molecule has 5 N–H and O–H groups in total. The lowest BCUT2D eigenvalue weighted by Crippen LogP contribution is -2.52. The summed E-state index contributed by atoms with van der Waals surface area (Å²) in [6.45, 7) is 5.55. The van der Waals surface area contributed by atoms with Crippen LogP contribution in [0.5, 0.6) is 0 Å². The molecule has 0 radical (unpaired) electrons. The van der Waals surface area contributed by atoms with Crippen LogP contribution < -0.4 is 15.9 Å². The standard InChI is InChI=1S/C29H42N6O5S/c1-29(2,38)13-15-35(24-10-11-24)28(37)26(17-27(36)31-18-21-6-5-14-34(19-21)20-32-30)33-41(39,40)25-12-9-22-7-3-4-8-23(22)16-25/h3-4,7-9,12,16,20-21,24,26,33,38H,5-6,10-11,13-15,17-19,30H2,1-2H3,(H,31,36)/t21-,26-/m0/s1. The number of carbonyl (C=O) groups excluding carboxylic acids is 2. The third kappa shape index (κ3) is 8.88. The SMILES string of the molecule is CC(C)(O)CCN(C(=O)[C@H](CC(=O)NC[C@@H]1CCCN(C=NN)C1)NS(=O)(=O)c1ccc2ccccc2c1)C1CC1. The number of hydrazone groups is 1. The number of sulfonamides is 1. The van der Waals surface area contributed by atoms with Gasteiger partial charge in [0, 0.05) is 32.2 Å². The van der Waals surface area contributed by atoms with Crippen molar-refractivity contribution in [1.82, 2.24) is 19.8 Å². The first-order valence-electron chi connectivity index (χ1n) is 14.2. The second kappa shape index (κ2) is 13.2. The Morgan fingerprint density at radius 2 is 1.93 bits per heavy atom. The lowest BCUT2D eigenvalue weighted by molar-refractivity contribution is -0.136. The summed E-state index contributed by atoms with van der Waals surface area (Å²) in [5.74, 6) is 4.59. The van der Waals surface area contributed by atoms with Crippen molar-refractivity contribution in [3.63, 3.8) is 0 Å². The predicted molar refractivity (Wildman–Crippen MR) is 158 cm³/mol. The highest BCUT2D eigenvalue weighted by Gasteiger charge is 2.39. The quantitative estimate of drug-likeness (QED) is 0.121. The molecule has 0 bridgehead atoms. The van der Waals surface area contributed by atoms with Gasteiger partial charge in [0.15, 0.2) is 0 Å². The molecule has 224 valence electrons. The maximum atomic E-state index is 13.8. The fourth-order valence-corrected chi connectivity index (χ4v) is 6.43. The Labute approximate surface area is 242 Å². The summed E-state index contributed by atoms with van der Waals surface area (Å²) in [6, 6.07) is 10.9. The van der Waals surface area contributed by atoms with E-state index in [1.807, 2.05) is 29.2 Å². The number of benzene rings is 2. The van der Waals surface area contributed by atoms with Crippen molar-refractivity contribution in [3.05, 3.63) is 42.5 Å². The van der Waals surface area contributed by atoms with Crippen LogP contribution in [0, 0.1) is 5.92 Å². The minimum atomic E-state index is -4.13. The van der Waals surface area contributed by atoms with Crippen LogP contribution >= 0.6 is 0 Å². The molecule has 2 aliphatic rings. The second-order valence-corrected chi connectivity index (χ2v) is 13.5. The first-order chi connectivity index (χ1) is 19.4. The first-order valence-corrected chi connectivity index (χ1v) is 15.7. The molecule has 11 nitrogen and oxygen atoms in total. The van der Waals surface area contributed by atoms with Crippen molar-refractivity contribution in [2.24, 2.45) is 16.9 Å². The van der Waals surface area contributed by atoms with E-state index in [0.717, 1.165) is 43.0 Å². The Hall–Kier alpha value is -3.22. The smallest absolute Gasteiger partial charge is 0.241 e. The molecular weight excluding hydrogens is 544 g/mol. The van der Waals surface area contributed by atoms with Crippen molar-refractivity contribution in [2.75, 3.05) is 26.2 Å². The van der Waals surface area contributed by atoms with E-state index in [1.165, 1.54) is 6.07 Å². The molecule has 4 rings (SSSR count). The minimum Gasteiger partial charge on any atom is -0.390 e. The van der Waals surface area contributed by atoms with Gasteiger partial charge in [-0.2, -0.15) is 9.82 Å². The molecule has 41 heavy (non-hydrogen) atoms. The lowest BCUT2D eigenvalue weighted by Gasteiger charge is -2.31. The number of amides is 2. The van der Waals surface area contributed by atoms with Crippen LogP contribution in [-0.2, 0) is 19.6 Å². The normalized spacial score (nSPS) is 18.9. The van der Waals surface area contributed by atoms with Gasteiger partial charge in [0.25, 0.3) is 0 Å². The van der Waals surface area contributed by atoms with Gasteiger partial charge in [-0.3, -0.25) is 9.59 Å². The van der Waals surface area contributed by atoms with E-state index in [4.69, 9.17) is 5.84 Å². The van der Waals surface area contributed by atoms with Crippen LogP contribution in [0.25, 0.3) is 10.8 Å². The van der Waals surface area contributed by atoms with Gasteiger partial charge in [-0.1, -0.05) is 30.3 Å². The molecule has 0 spiro atoms. The summed E-state index contributed by atoms with van der Waals surface area (Å²) in [5.41, 5.74) is -0.993. The highest BCUT2D eigenvalue weighted by Crippen LogP contribution is 2.29. The molecule has 1 saturated heterocycles. The van der Waals surface area contributed by atoms with E-state index in [0.29, 0.717) is 19.5 Å². The Balaban J connectivity index is 1.51. The van der Waals surface area contributed by atoms with E-state index in [9.17, 15) is 23.1 Å². The molecule has 2 aromatic carbocycles. The zero-order valence-corrected chi connectivity index (χ0v) is 24.6. The van der Waals surface area contributed by atoms with E-state index in [2.05, 4.69) is 15.1 Å². The molecule has 2 fully saturated rings. The molecule has 1 saturated carbocycles. The Bertz CT molecular complexity index is 1350. The number of nitrogens with zero attached hydrogens (tertiary/aromatic N) is 3. The van der Waals surface area contributed by atoms with Crippen molar-refractivity contribution >= 4 is 38.9 Å². The average Bonchev–Trinajstić information content (AvgIpc) is 3.76. The van der Waals surface area contributed by atoms with Gasteiger partial charge in [0.1, 0.15) is 12.4 Å². The van der Waals surface area contributed by atoms with Crippen molar-refractivity contribution in [3.8, 4) is 0 Å². The number of aliphatic hydroxyl groups is 1. The fraction of sp³-hybridized carbons (Fsp3) is 0.552. The highest BCUT2D eigenvalue weighted by atomic mass is 32.2. The monoisotopic (exact) mass is 586 g/mol. The lowest BCUT2D eigenvalue weighted by atomic mass is 9.98. The van der Waals surface area contributed by atoms with Gasteiger partial charge >= 0.3 is 0 Å². The number of rotatable bonds is 13. The summed E-state index contributed by atoms with van der Waals surface area (Å²) >= 11 is 0. The molecule has 2 amide bonds. The van der Waals surface area contributed by atoms with Crippen LogP contribution in [0.15, 0.2) is 52.5 Å². The van der Waals surface area contributed by atoms with E-state index < -0.39 is 33.5 Å². The Kier molecular flexibility index (Phi) is 9.88. The maximum Gasteiger partial charge on any atom is 0.241 e. The van der Waals surface area contributed by atoms with Gasteiger partial charge in [0.05, 0.1) is 16.9 Å². The van der Waals surface area contributed by atoms with Crippen molar-refractivity contribution in [1.29, 1.82) is 0 Å². The predicted octanol–water partition coefficient (Wildman–Crippen LogP) is 1.76. The molecule has 0 unspecified atom stereocenters. The van der Waals surface area contributed by atoms with E-state index >= 15 is 0 Å². The number of fused-ring (bicyclic) bond motifs is 1. The van der Waals surface area contributed by atoms with Gasteiger partial charge in [-0.25, -0.2) is 8.42 Å². The molecule has 1 aliphatic carbocycles. The van der Waals surface area contributed by atoms with Crippen LogP contribution in [0.4, 0.5) is 0 Å². The summed E-state index contributed by atoms with van der Waals surface area (Å²) in [4.78, 5) is 30.6. The molecule has 2 aromatic rings. The number of likely N-dealkylation sites (tertiary alicyclic amines) is 1. The number of nitrogens with two attached hydrogens (primary N) is 1. The first kappa shape index (κ1) is 30.7. The Morgan fingerprint density at radius 3 is 2.61 bits per heavy atom. The number of carbonyl (C=O) groups is 2. The summed E-state index contributed by atoms with van der Waals surface area (Å²) in [7, 11) is -4.13. The van der Waals surface area contributed by atoms with Crippen LogP contribution in [0.1, 0.15) is 52.4 Å². The number of piperidine rings is 1. The van der Waals surface area contributed by atoms with Gasteiger partial charge < -0.3 is 26.1 Å². The third-order valence-corrected chi connectivity index (χ3v) is 9.09. The molecule has 1 aliphatic heterocycles. The number of hydrogen-bond acceptors (Lipinski definition) is 7. The summed E-state index contributed by atoms with van der Waals surface area (Å²) < 4.78 is 29.6. The van der Waals surface area contributed by atoms with Crippen LogP contribution in [0.2, 0.25) is 0 Å². The zero-order chi connectivity index (χ0) is 29.6. The minimum absolute atomic E-state index is 0.0211. The Morgan fingerprint density at radius 1 is 1.20 bits per heavy atom. The molecule has 0 aromatic heterocycles. The van der Waals surface area contributed by atoms with Crippen molar-refractivity contribution < 1.29 is 23.1 Å². The fourth-order valence-electron chi connectivity index (χ4n) is 5.20. The van der Waals surface area contributed by atoms with Crippen LogP contribution in [-0.4, -0.2) is 85.3 Å². The maximum absolute atomic E-state index is 13.8. The van der Waals surface area contributed by atoms with E-state index in [-0.39, 0.29) is 29.8 Å². The zero-order valence-electron chi connectivity index (χ0n) is 23.8. The molecule has 2 atom stereocenters. The van der Waals surface area contributed by atoms with Gasteiger partial charge in [0.2, 0.25) is 21.8 Å². The average molecular weight is 587 g/mol. The molecule has 1 heterocycles. The number of hydrogen-bond donors (Lipinski definition) is 4.